The maximum absolute atomic E-state index is 13.0. The van der Waals surface area contributed by atoms with Crippen LogP contribution >= 0.6 is 0 Å². The molecule has 4 rings (SSSR count). The van der Waals surface area contributed by atoms with Gasteiger partial charge in [0.2, 0.25) is 0 Å². The zero-order chi connectivity index (χ0) is 22.3. The van der Waals surface area contributed by atoms with E-state index in [4.69, 9.17) is 0 Å². The number of pyridine rings is 1. The topological polar surface area (TPSA) is 130 Å². The number of Topliss-reactive ketones (excluding diaryl/α,β-unsaturated/α-hetero) is 1. The number of benzene rings is 1. The monoisotopic (exact) mass is 428 g/mol. The average Bonchev–Trinajstić information content (AvgIpc) is 3.25. The van der Waals surface area contributed by atoms with Crippen molar-refractivity contribution in [3.63, 3.8) is 0 Å². The molecule has 0 aliphatic heterocycles. The van der Waals surface area contributed by atoms with Gasteiger partial charge in [0.1, 0.15) is 5.69 Å². The van der Waals surface area contributed by atoms with Crippen molar-refractivity contribution in [2.75, 3.05) is 6.54 Å². The predicted molar refractivity (Wildman–Crippen MR) is 117 cm³/mol. The van der Waals surface area contributed by atoms with Gasteiger partial charge in [-0.3, -0.25) is 24.4 Å². The zero-order valence-electron chi connectivity index (χ0n) is 17.0. The van der Waals surface area contributed by atoms with Crippen LogP contribution in [0, 0.1) is 0 Å². The molecule has 0 aliphatic rings. The summed E-state index contributed by atoms with van der Waals surface area (Å²) < 4.78 is 0. The van der Waals surface area contributed by atoms with Gasteiger partial charge in [-0.25, -0.2) is 4.98 Å². The number of ketones is 1. The summed E-state index contributed by atoms with van der Waals surface area (Å²) in [4.78, 5) is 52.9. The normalized spacial score (nSPS) is 11.6. The third-order valence-electron chi connectivity index (χ3n) is 4.95. The molecular weight excluding hydrogens is 408 g/mol. The van der Waals surface area contributed by atoms with Crippen molar-refractivity contribution in [1.82, 2.24) is 30.6 Å². The number of fused-ring (bicyclic) bond motifs is 1. The maximum Gasteiger partial charge on any atom is 0.272 e. The van der Waals surface area contributed by atoms with Crippen LogP contribution in [0.3, 0.4) is 0 Å². The van der Waals surface area contributed by atoms with Gasteiger partial charge in [-0.15, -0.1) is 0 Å². The fraction of sp³-hybridized carbons (Fsp3) is 0.130. The van der Waals surface area contributed by atoms with Gasteiger partial charge in [-0.1, -0.05) is 18.2 Å². The van der Waals surface area contributed by atoms with E-state index in [1.807, 2.05) is 30.5 Å². The lowest BCUT2D eigenvalue weighted by atomic mass is 10.0. The first-order chi connectivity index (χ1) is 15.6. The molecule has 0 bridgehead atoms. The molecule has 0 unspecified atom stereocenters. The molecule has 160 valence electrons. The molecule has 1 atom stereocenters. The van der Waals surface area contributed by atoms with Gasteiger partial charge < -0.3 is 15.6 Å². The van der Waals surface area contributed by atoms with Crippen LogP contribution in [0.25, 0.3) is 10.9 Å². The molecule has 3 N–H and O–H groups in total. The molecule has 0 radical (unpaired) electrons. The fourth-order valence-electron chi connectivity index (χ4n) is 3.31. The highest BCUT2D eigenvalue weighted by Gasteiger charge is 2.24. The van der Waals surface area contributed by atoms with Crippen LogP contribution in [-0.2, 0) is 11.2 Å². The highest BCUT2D eigenvalue weighted by atomic mass is 16.2. The number of nitrogens with zero attached hydrogens (tertiary/aromatic N) is 3. The van der Waals surface area contributed by atoms with Crippen molar-refractivity contribution in [2.45, 2.75) is 12.5 Å². The van der Waals surface area contributed by atoms with E-state index >= 15 is 0 Å². The molecule has 4 aromatic rings. The summed E-state index contributed by atoms with van der Waals surface area (Å²) >= 11 is 0. The van der Waals surface area contributed by atoms with E-state index in [0.29, 0.717) is 5.56 Å². The van der Waals surface area contributed by atoms with Crippen molar-refractivity contribution >= 4 is 28.5 Å². The lowest BCUT2D eigenvalue weighted by Gasteiger charge is -2.18. The molecule has 2 amide bonds. The fourth-order valence-corrected chi connectivity index (χ4v) is 3.31. The lowest BCUT2D eigenvalue weighted by molar-refractivity contribution is -0.119. The maximum atomic E-state index is 13.0. The third-order valence-corrected chi connectivity index (χ3v) is 4.95. The van der Waals surface area contributed by atoms with Gasteiger partial charge in [0, 0.05) is 53.9 Å². The Labute approximate surface area is 183 Å². The third kappa shape index (κ3) is 4.84. The first-order valence-electron chi connectivity index (χ1n) is 9.94. The number of amides is 2. The number of aromatic nitrogens is 4. The smallest absolute Gasteiger partial charge is 0.272 e. The Morgan fingerprint density at radius 3 is 2.53 bits per heavy atom. The molecule has 9 nitrogen and oxygen atoms in total. The van der Waals surface area contributed by atoms with Crippen LogP contribution in [0.4, 0.5) is 0 Å². The number of rotatable bonds is 8. The molecular formula is C23H20N6O3. The molecule has 1 aromatic carbocycles. The molecule has 0 saturated heterocycles. The van der Waals surface area contributed by atoms with Gasteiger partial charge in [0.25, 0.3) is 11.8 Å². The Kier molecular flexibility index (Phi) is 6.26. The SMILES string of the molecule is O=C(NCC(=O)[C@H](Cc1c[nH]c2ccccc12)NC(=O)c1cnccn1)c1ccncc1. The number of aromatic amines is 1. The quantitative estimate of drug-likeness (QED) is 0.392. The van der Waals surface area contributed by atoms with E-state index in [9.17, 15) is 14.4 Å². The summed E-state index contributed by atoms with van der Waals surface area (Å²) in [6, 6.07) is 9.93. The molecule has 9 heteroatoms. The Balaban J connectivity index is 1.51. The Hall–Kier alpha value is -4.40. The largest absolute Gasteiger partial charge is 0.361 e. The highest BCUT2D eigenvalue weighted by molar-refractivity contribution is 6.00. The van der Waals surface area contributed by atoms with Gasteiger partial charge in [0.05, 0.1) is 18.8 Å². The average molecular weight is 428 g/mol. The Morgan fingerprint density at radius 1 is 0.938 bits per heavy atom. The van der Waals surface area contributed by atoms with E-state index in [1.165, 1.54) is 31.0 Å². The van der Waals surface area contributed by atoms with E-state index in [1.54, 1.807) is 12.1 Å². The summed E-state index contributed by atoms with van der Waals surface area (Å²) in [6.07, 6.45) is 9.25. The Bertz CT molecular complexity index is 1240. The van der Waals surface area contributed by atoms with E-state index < -0.39 is 17.9 Å². The zero-order valence-corrected chi connectivity index (χ0v) is 17.0. The number of para-hydroxylation sites is 1. The van der Waals surface area contributed by atoms with Gasteiger partial charge in [0.15, 0.2) is 5.78 Å². The number of carbonyl (C=O) groups excluding carboxylic acids is 3. The van der Waals surface area contributed by atoms with Crippen LogP contribution in [0.15, 0.2) is 73.6 Å². The molecule has 0 fully saturated rings. The first kappa shape index (κ1) is 20.9. The summed E-state index contributed by atoms with van der Waals surface area (Å²) in [5.41, 5.74) is 2.30. The van der Waals surface area contributed by atoms with Gasteiger partial charge in [-0.05, 0) is 23.8 Å². The summed E-state index contributed by atoms with van der Waals surface area (Å²) in [5.74, 6) is -1.25. The number of hydrogen-bond acceptors (Lipinski definition) is 6. The Morgan fingerprint density at radius 2 is 1.75 bits per heavy atom. The van der Waals surface area contributed by atoms with Crippen molar-refractivity contribution in [3.8, 4) is 0 Å². The van der Waals surface area contributed by atoms with Gasteiger partial charge >= 0.3 is 0 Å². The number of carbonyl (C=O) groups is 3. The number of hydrogen-bond donors (Lipinski definition) is 3. The van der Waals surface area contributed by atoms with Crippen LogP contribution in [-0.4, -0.2) is 50.1 Å². The number of H-pyrrole nitrogens is 1. The molecule has 32 heavy (non-hydrogen) atoms. The molecule has 3 aromatic heterocycles. The van der Waals surface area contributed by atoms with Crippen molar-refractivity contribution < 1.29 is 14.4 Å². The summed E-state index contributed by atoms with van der Waals surface area (Å²) in [7, 11) is 0. The second kappa shape index (κ2) is 9.61. The molecule has 3 heterocycles. The summed E-state index contributed by atoms with van der Waals surface area (Å²) in [5, 5.41) is 6.30. The second-order valence-electron chi connectivity index (χ2n) is 7.07. The minimum atomic E-state index is -0.874. The minimum absolute atomic E-state index is 0.102. The summed E-state index contributed by atoms with van der Waals surface area (Å²) in [6.45, 7) is -0.241. The van der Waals surface area contributed by atoms with Crippen LogP contribution in [0.5, 0.6) is 0 Å². The first-order valence-corrected chi connectivity index (χ1v) is 9.94. The minimum Gasteiger partial charge on any atom is -0.361 e. The second-order valence-corrected chi connectivity index (χ2v) is 7.07. The van der Waals surface area contributed by atoms with E-state index in [-0.39, 0.29) is 24.4 Å². The lowest BCUT2D eigenvalue weighted by Crippen LogP contribution is -2.46. The van der Waals surface area contributed by atoms with Crippen LogP contribution in [0.1, 0.15) is 26.4 Å². The molecule has 0 saturated carbocycles. The predicted octanol–water partition coefficient (Wildman–Crippen LogP) is 1.69. The van der Waals surface area contributed by atoms with Crippen LogP contribution < -0.4 is 10.6 Å². The van der Waals surface area contributed by atoms with Crippen molar-refractivity contribution in [2.24, 2.45) is 0 Å². The van der Waals surface area contributed by atoms with E-state index in [0.717, 1.165) is 16.5 Å². The molecule has 0 spiro atoms. The number of nitrogens with one attached hydrogen (secondary N) is 3. The standard InChI is InChI=1S/C23H20N6O3/c30-21(14-28-22(31)15-5-7-24-8-6-15)19(29-23(32)20-13-25-9-10-26-20)11-16-12-27-18-4-2-1-3-17(16)18/h1-10,12-13,19,27H,11,14H2,(H,28,31)(H,29,32)/t19-/m0/s1. The highest BCUT2D eigenvalue weighted by Crippen LogP contribution is 2.19. The van der Waals surface area contributed by atoms with Crippen molar-refractivity contribution in [1.29, 1.82) is 0 Å². The van der Waals surface area contributed by atoms with Crippen molar-refractivity contribution in [3.05, 3.63) is 90.4 Å². The van der Waals surface area contributed by atoms with E-state index in [2.05, 4.69) is 30.6 Å². The molecule has 0 aliphatic carbocycles. The van der Waals surface area contributed by atoms with Gasteiger partial charge in [-0.2, -0.15) is 0 Å². The van der Waals surface area contributed by atoms with Crippen LogP contribution in [0.2, 0.25) is 0 Å².